The fraction of sp³-hybridized carbons (Fsp3) is 0.300. The topological polar surface area (TPSA) is 62.7 Å². The summed E-state index contributed by atoms with van der Waals surface area (Å²) in [5.41, 5.74) is 2.49. The lowest BCUT2D eigenvalue weighted by molar-refractivity contribution is 1.00. The lowest BCUT2D eigenvalue weighted by atomic mass is 10.2. The Morgan fingerprint density at radius 2 is 2.00 bits per heavy atom. The van der Waals surface area contributed by atoms with Crippen molar-refractivity contribution < 1.29 is 0 Å². The van der Waals surface area contributed by atoms with Crippen LogP contribution in [-0.4, -0.2) is 22.0 Å². The molecule has 2 heterocycles. The maximum atomic E-state index is 5.78. The first-order chi connectivity index (χ1) is 8.19. The van der Waals surface area contributed by atoms with Gasteiger partial charge in [-0.05, 0) is 40.4 Å². The molecule has 0 fully saturated rings. The molecule has 2 rings (SSSR count). The molecule has 0 radical (unpaired) electrons. The summed E-state index contributed by atoms with van der Waals surface area (Å²) in [5.74, 6) is 0.925. The number of hydrogen-bond donors (Lipinski definition) is 2. The van der Waals surface area contributed by atoms with Crippen molar-refractivity contribution in [2.75, 3.05) is 17.7 Å². The van der Waals surface area contributed by atoms with Gasteiger partial charge in [0.2, 0.25) is 17.2 Å². The SMILES string of the molecule is CNc1nc(Cl)nc(NCc2cscc2C)n1. The molecule has 7 heteroatoms. The molecular formula is C10H12ClN5S. The Morgan fingerprint density at radius 1 is 1.24 bits per heavy atom. The number of thiophene rings is 1. The lowest BCUT2D eigenvalue weighted by Crippen LogP contribution is -2.07. The van der Waals surface area contributed by atoms with Crippen LogP contribution < -0.4 is 10.6 Å². The molecule has 0 aliphatic rings. The molecule has 2 aromatic rings. The number of nitrogens with one attached hydrogen (secondary N) is 2. The zero-order valence-corrected chi connectivity index (χ0v) is 11.1. The molecule has 0 bridgehead atoms. The van der Waals surface area contributed by atoms with Gasteiger partial charge in [0.15, 0.2) is 0 Å². The quantitative estimate of drug-likeness (QED) is 0.893. The van der Waals surface area contributed by atoms with Crippen molar-refractivity contribution in [2.24, 2.45) is 0 Å². The van der Waals surface area contributed by atoms with Crippen molar-refractivity contribution in [1.29, 1.82) is 0 Å². The first kappa shape index (κ1) is 12.1. The monoisotopic (exact) mass is 269 g/mol. The molecule has 17 heavy (non-hydrogen) atoms. The van der Waals surface area contributed by atoms with Gasteiger partial charge in [0, 0.05) is 13.6 Å². The third kappa shape index (κ3) is 3.04. The van der Waals surface area contributed by atoms with E-state index in [0.717, 1.165) is 0 Å². The van der Waals surface area contributed by atoms with Gasteiger partial charge in [0.25, 0.3) is 0 Å². The van der Waals surface area contributed by atoms with Crippen molar-refractivity contribution in [3.05, 3.63) is 27.2 Å². The molecule has 0 atom stereocenters. The summed E-state index contributed by atoms with van der Waals surface area (Å²) in [6, 6.07) is 0. The summed E-state index contributed by atoms with van der Waals surface area (Å²) in [6.45, 7) is 2.76. The van der Waals surface area contributed by atoms with E-state index in [-0.39, 0.29) is 5.28 Å². The summed E-state index contributed by atoms with van der Waals surface area (Å²) in [6.07, 6.45) is 0. The molecule has 0 saturated carbocycles. The van der Waals surface area contributed by atoms with E-state index in [2.05, 4.69) is 43.3 Å². The summed E-state index contributed by atoms with van der Waals surface area (Å²) in [4.78, 5) is 12.1. The Morgan fingerprint density at radius 3 is 2.65 bits per heavy atom. The number of nitrogens with zero attached hydrogens (tertiary/aromatic N) is 3. The van der Waals surface area contributed by atoms with E-state index < -0.39 is 0 Å². The molecule has 0 spiro atoms. The zero-order valence-electron chi connectivity index (χ0n) is 9.49. The van der Waals surface area contributed by atoms with Gasteiger partial charge < -0.3 is 10.6 Å². The summed E-state index contributed by atoms with van der Waals surface area (Å²) < 4.78 is 0. The van der Waals surface area contributed by atoms with Gasteiger partial charge in [0.1, 0.15) is 0 Å². The van der Waals surface area contributed by atoms with Crippen molar-refractivity contribution in [3.63, 3.8) is 0 Å². The van der Waals surface area contributed by atoms with Gasteiger partial charge in [-0.25, -0.2) is 0 Å². The molecule has 0 aromatic carbocycles. The highest BCUT2D eigenvalue weighted by molar-refractivity contribution is 7.08. The normalized spacial score (nSPS) is 10.3. The smallest absolute Gasteiger partial charge is 0.229 e. The predicted octanol–water partition coefficient (Wildman–Crippen LogP) is 2.55. The highest BCUT2D eigenvalue weighted by Crippen LogP contribution is 2.15. The number of anilines is 2. The lowest BCUT2D eigenvalue weighted by Gasteiger charge is -2.06. The summed E-state index contributed by atoms with van der Waals surface area (Å²) in [5, 5.41) is 10.3. The fourth-order valence-corrected chi connectivity index (χ4v) is 2.30. The molecule has 2 N–H and O–H groups in total. The van der Waals surface area contributed by atoms with Gasteiger partial charge in [-0.3, -0.25) is 0 Å². The Bertz CT molecular complexity index is 513. The van der Waals surface area contributed by atoms with Crippen molar-refractivity contribution in [1.82, 2.24) is 15.0 Å². The number of aryl methyl sites for hydroxylation is 1. The van der Waals surface area contributed by atoms with Crippen LogP contribution in [0.4, 0.5) is 11.9 Å². The molecular weight excluding hydrogens is 258 g/mol. The molecule has 0 aliphatic carbocycles. The Balaban J connectivity index is 2.09. The minimum Gasteiger partial charge on any atom is -0.357 e. The third-order valence-electron chi connectivity index (χ3n) is 2.23. The standard InChI is InChI=1S/C10H12ClN5S/c1-6-4-17-5-7(6)3-13-10-15-8(11)14-9(12-2)16-10/h4-5H,3H2,1-2H3,(H2,12,13,14,15,16). The highest BCUT2D eigenvalue weighted by Gasteiger charge is 2.04. The second-order valence-corrected chi connectivity index (χ2v) is 4.52. The van der Waals surface area contributed by atoms with Crippen LogP contribution in [0.1, 0.15) is 11.1 Å². The van der Waals surface area contributed by atoms with Crippen LogP contribution in [0.5, 0.6) is 0 Å². The minimum absolute atomic E-state index is 0.175. The maximum Gasteiger partial charge on any atom is 0.229 e. The highest BCUT2D eigenvalue weighted by atomic mass is 35.5. The average Bonchev–Trinajstić information content (AvgIpc) is 2.71. The summed E-state index contributed by atoms with van der Waals surface area (Å²) >= 11 is 7.46. The number of rotatable bonds is 4. The summed E-state index contributed by atoms with van der Waals surface area (Å²) in [7, 11) is 1.73. The average molecular weight is 270 g/mol. The van der Waals surface area contributed by atoms with Crippen molar-refractivity contribution >= 4 is 34.8 Å². The molecule has 0 saturated heterocycles. The van der Waals surface area contributed by atoms with E-state index in [1.807, 2.05) is 0 Å². The van der Waals surface area contributed by atoms with Gasteiger partial charge in [-0.2, -0.15) is 26.3 Å². The van der Waals surface area contributed by atoms with Gasteiger partial charge in [0.05, 0.1) is 0 Å². The first-order valence-corrected chi connectivity index (χ1v) is 6.36. The number of aromatic nitrogens is 3. The molecule has 5 nitrogen and oxygen atoms in total. The third-order valence-corrected chi connectivity index (χ3v) is 3.31. The van der Waals surface area contributed by atoms with Crippen LogP contribution in [0.2, 0.25) is 5.28 Å². The Kier molecular flexibility index (Phi) is 3.75. The van der Waals surface area contributed by atoms with Gasteiger partial charge in [-0.15, -0.1) is 0 Å². The fourth-order valence-electron chi connectivity index (χ4n) is 1.28. The maximum absolute atomic E-state index is 5.78. The van der Waals surface area contributed by atoms with Crippen LogP contribution in [0, 0.1) is 6.92 Å². The van der Waals surface area contributed by atoms with Crippen molar-refractivity contribution in [2.45, 2.75) is 13.5 Å². The van der Waals surface area contributed by atoms with Gasteiger partial charge >= 0.3 is 0 Å². The second kappa shape index (κ2) is 5.29. The first-order valence-electron chi connectivity index (χ1n) is 5.04. The molecule has 0 unspecified atom stereocenters. The predicted molar refractivity (Wildman–Crippen MR) is 70.8 cm³/mol. The van der Waals surface area contributed by atoms with E-state index in [9.17, 15) is 0 Å². The number of hydrogen-bond acceptors (Lipinski definition) is 6. The molecule has 0 amide bonds. The number of halogens is 1. The second-order valence-electron chi connectivity index (χ2n) is 3.44. The van der Waals surface area contributed by atoms with E-state index in [0.29, 0.717) is 18.4 Å². The van der Waals surface area contributed by atoms with Crippen LogP contribution in [0.25, 0.3) is 0 Å². The Hall–Kier alpha value is -1.40. The van der Waals surface area contributed by atoms with Crippen LogP contribution in [0.15, 0.2) is 10.8 Å². The van der Waals surface area contributed by atoms with E-state index in [4.69, 9.17) is 11.6 Å². The van der Waals surface area contributed by atoms with E-state index in [1.54, 1.807) is 18.4 Å². The Labute approximate surface area is 108 Å². The molecule has 0 aliphatic heterocycles. The van der Waals surface area contributed by atoms with Crippen LogP contribution in [-0.2, 0) is 6.54 Å². The minimum atomic E-state index is 0.175. The van der Waals surface area contributed by atoms with Crippen LogP contribution >= 0.6 is 22.9 Å². The zero-order chi connectivity index (χ0) is 12.3. The van der Waals surface area contributed by atoms with Gasteiger partial charge in [-0.1, -0.05) is 0 Å². The van der Waals surface area contributed by atoms with E-state index >= 15 is 0 Å². The van der Waals surface area contributed by atoms with Crippen LogP contribution in [0.3, 0.4) is 0 Å². The van der Waals surface area contributed by atoms with Crippen molar-refractivity contribution in [3.8, 4) is 0 Å². The largest absolute Gasteiger partial charge is 0.357 e. The molecule has 90 valence electrons. The molecule has 2 aromatic heterocycles. The van der Waals surface area contributed by atoms with E-state index in [1.165, 1.54) is 11.1 Å².